The van der Waals surface area contributed by atoms with E-state index in [1.165, 1.54) is 5.56 Å². The maximum absolute atomic E-state index is 6.17. The van der Waals surface area contributed by atoms with E-state index in [2.05, 4.69) is 27.3 Å². The molecule has 2 nitrogen and oxygen atoms in total. The van der Waals surface area contributed by atoms with Crippen LogP contribution in [-0.2, 0) is 13.0 Å². The monoisotopic (exact) mass is 405 g/mol. The van der Waals surface area contributed by atoms with Gasteiger partial charge in [-0.1, -0.05) is 50.7 Å². The minimum atomic E-state index is 0.443. The van der Waals surface area contributed by atoms with Crippen LogP contribution in [0.15, 0.2) is 28.7 Å². The normalized spacial score (nSPS) is 13.0. The fraction of sp³-hybridized carbons (Fsp3) is 0.200. The number of hydrogen-bond donors (Lipinski definition) is 1. The lowest BCUT2D eigenvalue weighted by Crippen LogP contribution is -2.02. The molecule has 0 bridgehead atoms. The van der Waals surface area contributed by atoms with Gasteiger partial charge in [-0.3, -0.25) is 0 Å². The summed E-state index contributed by atoms with van der Waals surface area (Å²) >= 11 is 21.7. The molecule has 2 aromatic carbocycles. The molecule has 3 rings (SSSR count). The molecule has 0 unspecified atom stereocenters. The van der Waals surface area contributed by atoms with Crippen LogP contribution in [0.3, 0.4) is 0 Å². The van der Waals surface area contributed by atoms with Crippen LogP contribution in [0.25, 0.3) is 0 Å². The average Bonchev–Trinajstić information content (AvgIpc) is 2.89. The van der Waals surface area contributed by atoms with Crippen molar-refractivity contribution in [2.45, 2.75) is 13.0 Å². The Balaban J connectivity index is 1.84. The number of benzene rings is 2. The third-order valence-electron chi connectivity index (χ3n) is 3.30. The molecule has 0 amide bonds. The van der Waals surface area contributed by atoms with Gasteiger partial charge in [-0.25, -0.2) is 0 Å². The first-order valence-corrected chi connectivity index (χ1v) is 8.30. The molecular weight excluding hydrogens is 396 g/mol. The van der Waals surface area contributed by atoms with E-state index in [0.29, 0.717) is 21.6 Å². The molecule has 1 aliphatic rings. The van der Waals surface area contributed by atoms with E-state index >= 15 is 0 Å². The molecule has 21 heavy (non-hydrogen) atoms. The summed E-state index contributed by atoms with van der Waals surface area (Å²) in [5.41, 5.74) is 3.05. The predicted octanol–water partition coefficient (Wildman–Crippen LogP) is 5.96. The third kappa shape index (κ3) is 3.26. The highest BCUT2D eigenvalue weighted by atomic mass is 79.9. The lowest BCUT2D eigenvalue weighted by molar-refractivity contribution is 0.354. The molecule has 1 heterocycles. The number of rotatable bonds is 3. The summed E-state index contributed by atoms with van der Waals surface area (Å²) in [6.45, 7) is 1.33. The first-order chi connectivity index (χ1) is 10.0. The molecule has 0 atom stereocenters. The van der Waals surface area contributed by atoms with Gasteiger partial charge < -0.3 is 10.1 Å². The molecule has 0 spiro atoms. The second-order valence-electron chi connectivity index (χ2n) is 4.75. The first kappa shape index (κ1) is 15.3. The summed E-state index contributed by atoms with van der Waals surface area (Å²) in [6.07, 6.45) is 0.940. The Labute approximate surface area is 146 Å². The zero-order valence-electron chi connectivity index (χ0n) is 10.9. The standard InChI is InChI=1S/C15H11BrCl3NO/c16-10-3-8-1-2-21-15(8)9(4-10)7-20-14-6-12(18)11(17)5-13(14)19/h3-6,20H,1-2,7H2. The lowest BCUT2D eigenvalue weighted by atomic mass is 10.1. The maximum Gasteiger partial charge on any atom is 0.127 e. The van der Waals surface area contributed by atoms with E-state index in [1.807, 2.05) is 6.07 Å². The lowest BCUT2D eigenvalue weighted by Gasteiger charge is -2.13. The van der Waals surface area contributed by atoms with Crippen molar-refractivity contribution in [2.75, 3.05) is 11.9 Å². The second-order valence-corrected chi connectivity index (χ2v) is 6.89. The number of anilines is 1. The van der Waals surface area contributed by atoms with Gasteiger partial charge in [0.25, 0.3) is 0 Å². The predicted molar refractivity (Wildman–Crippen MR) is 92.1 cm³/mol. The van der Waals surface area contributed by atoms with Gasteiger partial charge in [0, 0.05) is 23.0 Å². The fourth-order valence-corrected chi connectivity index (χ4v) is 3.49. The zero-order valence-corrected chi connectivity index (χ0v) is 14.7. The van der Waals surface area contributed by atoms with Crippen LogP contribution < -0.4 is 10.1 Å². The molecule has 6 heteroatoms. The van der Waals surface area contributed by atoms with Gasteiger partial charge in [-0.05, 0) is 29.8 Å². The quantitative estimate of drug-likeness (QED) is 0.634. The summed E-state index contributed by atoms with van der Waals surface area (Å²) in [7, 11) is 0. The van der Waals surface area contributed by atoms with Crippen LogP contribution in [0.1, 0.15) is 11.1 Å². The Hall–Kier alpha value is -0.610. The summed E-state index contributed by atoms with van der Waals surface area (Å²) < 4.78 is 6.75. The number of halogens is 4. The molecule has 2 aromatic rings. The van der Waals surface area contributed by atoms with E-state index in [9.17, 15) is 0 Å². The van der Waals surface area contributed by atoms with Crippen molar-refractivity contribution in [2.24, 2.45) is 0 Å². The molecule has 1 N–H and O–H groups in total. The third-order valence-corrected chi connectivity index (χ3v) is 4.80. The van der Waals surface area contributed by atoms with Crippen molar-refractivity contribution in [3.63, 3.8) is 0 Å². The van der Waals surface area contributed by atoms with Crippen LogP contribution in [0, 0.1) is 0 Å². The Morgan fingerprint density at radius 2 is 1.81 bits per heavy atom. The van der Waals surface area contributed by atoms with Gasteiger partial charge in [0.1, 0.15) is 5.75 Å². The molecule has 0 radical (unpaired) electrons. The van der Waals surface area contributed by atoms with E-state index in [1.54, 1.807) is 12.1 Å². The Bertz CT molecular complexity index is 706. The smallest absolute Gasteiger partial charge is 0.127 e. The van der Waals surface area contributed by atoms with Crippen molar-refractivity contribution < 1.29 is 4.74 Å². The molecule has 0 aliphatic carbocycles. The molecule has 0 saturated carbocycles. The van der Waals surface area contributed by atoms with Crippen LogP contribution in [0.2, 0.25) is 15.1 Å². The summed E-state index contributed by atoms with van der Waals surface area (Å²) in [5.74, 6) is 0.960. The van der Waals surface area contributed by atoms with E-state index in [-0.39, 0.29) is 0 Å². The largest absolute Gasteiger partial charge is 0.493 e. The second kappa shape index (κ2) is 6.25. The minimum absolute atomic E-state index is 0.443. The van der Waals surface area contributed by atoms with Crippen LogP contribution in [-0.4, -0.2) is 6.61 Å². The number of hydrogen-bond acceptors (Lipinski definition) is 2. The van der Waals surface area contributed by atoms with Crippen molar-refractivity contribution in [1.29, 1.82) is 0 Å². The highest BCUT2D eigenvalue weighted by Gasteiger charge is 2.17. The molecule has 1 aliphatic heterocycles. The van der Waals surface area contributed by atoms with Gasteiger partial charge >= 0.3 is 0 Å². The topological polar surface area (TPSA) is 21.3 Å². The average molecular weight is 408 g/mol. The highest BCUT2D eigenvalue weighted by Crippen LogP contribution is 2.35. The van der Waals surface area contributed by atoms with E-state index < -0.39 is 0 Å². The van der Waals surface area contributed by atoms with Crippen LogP contribution >= 0.6 is 50.7 Å². The van der Waals surface area contributed by atoms with Crippen molar-refractivity contribution >= 4 is 56.4 Å². The maximum atomic E-state index is 6.17. The van der Waals surface area contributed by atoms with Crippen molar-refractivity contribution in [3.8, 4) is 5.75 Å². The SMILES string of the molecule is Clc1cc(Cl)c(NCc2cc(Br)cc3c2OCC3)cc1Cl. The summed E-state index contributed by atoms with van der Waals surface area (Å²) in [5, 5.41) is 4.73. The van der Waals surface area contributed by atoms with Gasteiger partial charge in [0.05, 0.1) is 27.4 Å². The molecule has 0 fully saturated rings. The molecule has 110 valence electrons. The van der Waals surface area contributed by atoms with Gasteiger partial charge in [-0.15, -0.1) is 0 Å². The summed E-state index contributed by atoms with van der Waals surface area (Å²) in [6, 6.07) is 7.50. The van der Waals surface area contributed by atoms with Crippen molar-refractivity contribution in [1.82, 2.24) is 0 Å². The van der Waals surface area contributed by atoms with Crippen molar-refractivity contribution in [3.05, 3.63) is 54.9 Å². The molecule has 0 saturated heterocycles. The zero-order chi connectivity index (χ0) is 15.0. The van der Waals surface area contributed by atoms with E-state index in [0.717, 1.165) is 34.5 Å². The van der Waals surface area contributed by atoms with Crippen LogP contribution in [0.4, 0.5) is 5.69 Å². The Morgan fingerprint density at radius 3 is 2.62 bits per heavy atom. The number of ether oxygens (including phenoxy) is 1. The molecule has 0 aromatic heterocycles. The fourth-order valence-electron chi connectivity index (χ4n) is 2.33. The van der Waals surface area contributed by atoms with Crippen LogP contribution in [0.5, 0.6) is 5.75 Å². The summed E-state index contributed by atoms with van der Waals surface area (Å²) in [4.78, 5) is 0. The number of fused-ring (bicyclic) bond motifs is 1. The van der Waals surface area contributed by atoms with E-state index in [4.69, 9.17) is 39.5 Å². The van der Waals surface area contributed by atoms with Gasteiger partial charge in [0.15, 0.2) is 0 Å². The Kier molecular flexibility index (Phi) is 4.55. The minimum Gasteiger partial charge on any atom is -0.493 e. The molecular formula is C15H11BrCl3NO. The van der Waals surface area contributed by atoms with Gasteiger partial charge in [0.2, 0.25) is 0 Å². The van der Waals surface area contributed by atoms with Gasteiger partial charge in [-0.2, -0.15) is 0 Å². The Morgan fingerprint density at radius 1 is 1.05 bits per heavy atom. The number of nitrogens with one attached hydrogen (secondary N) is 1. The first-order valence-electron chi connectivity index (χ1n) is 6.37. The highest BCUT2D eigenvalue weighted by molar-refractivity contribution is 9.10.